The van der Waals surface area contributed by atoms with Crippen LogP contribution in [0.25, 0.3) is 0 Å². The number of phenols is 1. The Balaban J connectivity index is 2.38. The third-order valence-electron chi connectivity index (χ3n) is 2.67. The molecule has 0 heterocycles. The average Bonchev–Trinajstić information content (AvgIpc) is 2.28. The number of carbonyl (C=O) groups excluding carboxylic acids is 1. The van der Waals surface area contributed by atoms with Gasteiger partial charge in [-0.25, -0.2) is 4.79 Å². The zero-order valence-electron chi connectivity index (χ0n) is 13.5. The molecule has 1 rings (SSSR count). The molecule has 0 aromatic heterocycles. The molecule has 0 fully saturated rings. The van der Waals surface area contributed by atoms with E-state index < -0.39 is 17.2 Å². The first-order valence-corrected chi connectivity index (χ1v) is 7.07. The highest BCUT2D eigenvalue weighted by atomic mass is 16.6. The molecule has 0 atom stereocenters. The van der Waals surface area contributed by atoms with Crippen molar-refractivity contribution in [2.75, 3.05) is 6.54 Å². The summed E-state index contributed by atoms with van der Waals surface area (Å²) < 4.78 is 5.25. The number of carbonyl (C=O) groups is 1. The van der Waals surface area contributed by atoms with E-state index in [4.69, 9.17) is 4.74 Å². The van der Waals surface area contributed by atoms with Crippen molar-refractivity contribution >= 4 is 6.09 Å². The molecule has 21 heavy (non-hydrogen) atoms. The van der Waals surface area contributed by atoms with E-state index in [0.29, 0.717) is 13.1 Å². The van der Waals surface area contributed by atoms with Gasteiger partial charge < -0.3 is 20.5 Å². The van der Waals surface area contributed by atoms with Crippen molar-refractivity contribution in [3.8, 4) is 5.75 Å². The lowest BCUT2D eigenvalue weighted by Gasteiger charge is -2.29. The van der Waals surface area contributed by atoms with Gasteiger partial charge in [0.15, 0.2) is 0 Å². The maximum absolute atomic E-state index is 11.8. The van der Waals surface area contributed by atoms with E-state index in [2.05, 4.69) is 10.6 Å². The highest BCUT2D eigenvalue weighted by Gasteiger charge is 2.24. The number of benzene rings is 1. The van der Waals surface area contributed by atoms with Gasteiger partial charge in [-0.1, -0.05) is 12.1 Å². The zero-order chi connectivity index (χ0) is 16.1. The van der Waals surface area contributed by atoms with Crippen molar-refractivity contribution in [2.45, 2.75) is 52.3 Å². The van der Waals surface area contributed by atoms with Crippen LogP contribution in [0.1, 0.15) is 40.2 Å². The summed E-state index contributed by atoms with van der Waals surface area (Å²) in [4.78, 5) is 11.8. The van der Waals surface area contributed by atoms with E-state index in [-0.39, 0.29) is 5.75 Å². The maximum atomic E-state index is 11.8. The number of nitrogens with one attached hydrogen (secondary N) is 2. The van der Waals surface area contributed by atoms with Crippen LogP contribution in [0.3, 0.4) is 0 Å². The van der Waals surface area contributed by atoms with Crippen LogP contribution in [0, 0.1) is 0 Å². The lowest BCUT2D eigenvalue weighted by atomic mass is 10.1. The van der Waals surface area contributed by atoms with E-state index in [9.17, 15) is 9.90 Å². The second-order valence-corrected chi connectivity index (χ2v) is 6.78. The molecular weight excluding hydrogens is 268 g/mol. The fourth-order valence-electron chi connectivity index (χ4n) is 1.76. The summed E-state index contributed by atoms with van der Waals surface area (Å²) in [5, 5.41) is 15.3. The quantitative estimate of drug-likeness (QED) is 0.781. The molecule has 0 aliphatic rings. The lowest BCUT2D eigenvalue weighted by Crippen LogP contribution is -2.51. The van der Waals surface area contributed by atoms with Crippen LogP contribution in [0.2, 0.25) is 0 Å². The Morgan fingerprint density at radius 3 is 2.24 bits per heavy atom. The van der Waals surface area contributed by atoms with Gasteiger partial charge in [0, 0.05) is 13.1 Å². The molecule has 5 nitrogen and oxygen atoms in total. The monoisotopic (exact) mass is 294 g/mol. The number of ether oxygens (including phenoxy) is 1. The topological polar surface area (TPSA) is 70.6 Å². The number of phenolic OH excluding ortho intramolecular Hbond substituents is 1. The molecule has 0 spiro atoms. The second-order valence-electron chi connectivity index (χ2n) is 6.78. The molecule has 0 radical (unpaired) electrons. The van der Waals surface area contributed by atoms with E-state index in [0.717, 1.165) is 5.56 Å². The van der Waals surface area contributed by atoms with Gasteiger partial charge in [-0.3, -0.25) is 0 Å². The predicted octanol–water partition coefficient (Wildman–Crippen LogP) is 2.79. The minimum absolute atomic E-state index is 0.255. The van der Waals surface area contributed by atoms with Crippen LogP contribution >= 0.6 is 0 Å². The molecule has 0 aliphatic heterocycles. The first-order chi connectivity index (χ1) is 9.57. The molecule has 0 saturated heterocycles. The van der Waals surface area contributed by atoms with Gasteiger partial charge in [0.1, 0.15) is 11.4 Å². The normalized spacial score (nSPS) is 12.0. The fraction of sp³-hybridized carbons (Fsp3) is 0.562. The van der Waals surface area contributed by atoms with Crippen molar-refractivity contribution in [1.29, 1.82) is 0 Å². The fourth-order valence-corrected chi connectivity index (χ4v) is 1.76. The van der Waals surface area contributed by atoms with Crippen LogP contribution in [0.5, 0.6) is 5.75 Å². The standard InChI is InChI=1S/C16H26N2O3/c1-15(2,3)21-14(20)18-16(4,5)11-17-10-12-6-8-13(19)9-7-12/h6-9,17,19H,10-11H2,1-5H3,(H,18,20). The highest BCUT2D eigenvalue weighted by Crippen LogP contribution is 2.11. The highest BCUT2D eigenvalue weighted by molar-refractivity contribution is 5.68. The molecule has 0 unspecified atom stereocenters. The molecule has 1 aromatic rings. The second kappa shape index (κ2) is 6.80. The van der Waals surface area contributed by atoms with Crippen molar-refractivity contribution < 1.29 is 14.6 Å². The van der Waals surface area contributed by atoms with Crippen molar-refractivity contribution in [2.24, 2.45) is 0 Å². The van der Waals surface area contributed by atoms with Crippen LogP contribution in [-0.2, 0) is 11.3 Å². The van der Waals surface area contributed by atoms with Crippen molar-refractivity contribution in [3.63, 3.8) is 0 Å². The Hall–Kier alpha value is -1.75. The zero-order valence-corrected chi connectivity index (χ0v) is 13.5. The number of amides is 1. The number of rotatable bonds is 5. The van der Waals surface area contributed by atoms with Crippen LogP contribution in [-0.4, -0.2) is 28.9 Å². The molecular formula is C16H26N2O3. The Labute approximate surface area is 126 Å². The third kappa shape index (κ3) is 7.56. The van der Waals surface area contributed by atoms with Gasteiger partial charge in [0.2, 0.25) is 0 Å². The molecule has 0 aliphatic carbocycles. The smallest absolute Gasteiger partial charge is 0.408 e. The number of alkyl carbamates (subject to hydrolysis) is 1. The molecule has 1 amide bonds. The van der Waals surface area contributed by atoms with E-state index in [1.807, 2.05) is 46.8 Å². The first-order valence-electron chi connectivity index (χ1n) is 7.07. The predicted molar refractivity (Wildman–Crippen MR) is 83.3 cm³/mol. The summed E-state index contributed by atoms with van der Waals surface area (Å²) in [6.45, 7) is 10.6. The van der Waals surface area contributed by atoms with Gasteiger partial charge in [-0.2, -0.15) is 0 Å². The molecule has 0 saturated carbocycles. The Kier molecular flexibility index (Phi) is 5.61. The van der Waals surface area contributed by atoms with E-state index in [1.54, 1.807) is 12.1 Å². The summed E-state index contributed by atoms with van der Waals surface area (Å²) in [7, 11) is 0. The Morgan fingerprint density at radius 2 is 1.71 bits per heavy atom. The SMILES string of the molecule is CC(C)(CNCc1ccc(O)cc1)NC(=O)OC(C)(C)C. The van der Waals surface area contributed by atoms with Crippen LogP contribution in [0.4, 0.5) is 4.79 Å². The summed E-state index contributed by atoms with van der Waals surface area (Å²) in [6, 6.07) is 7.02. The van der Waals surface area contributed by atoms with Gasteiger partial charge in [-0.15, -0.1) is 0 Å². The van der Waals surface area contributed by atoms with Gasteiger partial charge >= 0.3 is 6.09 Å². The lowest BCUT2D eigenvalue weighted by molar-refractivity contribution is 0.0472. The largest absolute Gasteiger partial charge is 0.508 e. The number of hydrogen-bond donors (Lipinski definition) is 3. The minimum atomic E-state index is -0.500. The molecule has 3 N–H and O–H groups in total. The van der Waals surface area contributed by atoms with Gasteiger partial charge in [-0.05, 0) is 52.3 Å². The van der Waals surface area contributed by atoms with Crippen molar-refractivity contribution in [3.05, 3.63) is 29.8 Å². The van der Waals surface area contributed by atoms with Crippen LogP contribution < -0.4 is 10.6 Å². The summed E-state index contributed by atoms with van der Waals surface area (Å²) in [5.74, 6) is 0.255. The molecule has 5 heteroatoms. The molecule has 1 aromatic carbocycles. The average molecular weight is 294 g/mol. The van der Waals surface area contributed by atoms with Gasteiger partial charge in [0.25, 0.3) is 0 Å². The molecule has 0 bridgehead atoms. The minimum Gasteiger partial charge on any atom is -0.508 e. The summed E-state index contributed by atoms with van der Waals surface area (Å²) >= 11 is 0. The van der Waals surface area contributed by atoms with E-state index in [1.165, 1.54) is 0 Å². The van der Waals surface area contributed by atoms with Gasteiger partial charge in [0.05, 0.1) is 5.54 Å². The first kappa shape index (κ1) is 17.3. The Morgan fingerprint density at radius 1 is 1.14 bits per heavy atom. The molecule has 118 valence electrons. The van der Waals surface area contributed by atoms with Crippen LogP contribution in [0.15, 0.2) is 24.3 Å². The number of hydrogen-bond acceptors (Lipinski definition) is 4. The maximum Gasteiger partial charge on any atom is 0.408 e. The summed E-state index contributed by atoms with van der Waals surface area (Å²) in [5.41, 5.74) is 0.152. The summed E-state index contributed by atoms with van der Waals surface area (Å²) in [6.07, 6.45) is -0.418. The van der Waals surface area contributed by atoms with Crippen molar-refractivity contribution in [1.82, 2.24) is 10.6 Å². The Bertz CT molecular complexity index is 461. The van der Waals surface area contributed by atoms with E-state index >= 15 is 0 Å². The third-order valence-corrected chi connectivity index (χ3v) is 2.67. The number of aromatic hydroxyl groups is 1.